The molecule has 16 heavy (non-hydrogen) atoms. The van der Waals surface area contributed by atoms with Gasteiger partial charge in [0.2, 0.25) is 0 Å². The Morgan fingerprint density at radius 1 is 1.31 bits per heavy atom. The molecule has 0 amide bonds. The van der Waals surface area contributed by atoms with Crippen molar-refractivity contribution in [2.45, 2.75) is 39.4 Å². The third-order valence-corrected chi connectivity index (χ3v) is 3.49. The smallest absolute Gasteiger partial charge is 0.329 e. The fourth-order valence-corrected chi connectivity index (χ4v) is 2.27. The third kappa shape index (κ3) is 3.10. The van der Waals surface area contributed by atoms with Crippen LogP contribution in [0.25, 0.3) is 0 Å². The van der Waals surface area contributed by atoms with Gasteiger partial charge in [-0.15, -0.1) is 0 Å². The Kier molecular flexibility index (Phi) is 3.90. The zero-order valence-corrected chi connectivity index (χ0v) is 10.1. The maximum Gasteiger partial charge on any atom is 0.405 e. The van der Waals surface area contributed by atoms with E-state index in [9.17, 15) is 13.2 Å². The van der Waals surface area contributed by atoms with Crippen molar-refractivity contribution in [1.82, 2.24) is 4.90 Å². The SMILES string of the molecule is CC(C)(C)C1CCN(C(CN)C(F)(F)F)C1. The van der Waals surface area contributed by atoms with Gasteiger partial charge in [-0.25, -0.2) is 0 Å². The van der Waals surface area contributed by atoms with Crippen LogP contribution in [-0.2, 0) is 0 Å². The molecular weight excluding hydrogens is 217 g/mol. The number of nitrogens with two attached hydrogens (primary N) is 1. The van der Waals surface area contributed by atoms with Crippen molar-refractivity contribution in [3.05, 3.63) is 0 Å². The molecule has 1 rings (SSSR count). The summed E-state index contributed by atoms with van der Waals surface area (Å²) in [6.07, 6.45) is -3.38. The molecule has 0 saturated carbocycles. The summed E-state index contributed by atoms with van der Waals surface area (Å²) in [4.78, 5) is 1.48. The number of halogens is 3. The summed E-state index contributed by atoms with van der Waals surface area (Å²) in [7, 11) is 0. The van der Waals surface area contributed by atoms with Gasteiger partial charge in [0, 0.05) is 13.1 Å². The molecule has 0 aromatic carbocycles. The predicted molar refractivity (Wildman–Crippen MR) is 58.0 cm³/mol. The molecule has 2 N–H and O–H groups in total. The first-order valence-electron chi connectivity index (χ1n) is 5.67. The normalized spacial score (nSPS) is 26.1. The van der Waals surface area contributed by atoms with E-state index >= 15 is 0 Å². The minimum absolute atomic E-state index is 0.0689. The number of hydrogen-bond donors (Lipinski definition) is 1. The van der Waals surface area contributed by atoms with Crippen LogP contribution < -0.4 is 5.73 Å². The lowest BCUT2D eigenvalue weighted by Gasteiger charge is -2.31. The Bertz CT molecular complexity index is 232. The lowest BCUT2D eigenvalue weighted by molar-refractivity contribution is -0.178. The topological polar surface area (TPSA) is 29.3 Å². The lowest BCUT2D eigenvalue weighted by atomic mass is 9.80. The summed E-state index contributed by atoms with van der Waals surface area (Å²) >= 11 is 0. The van der Waals surface area contributed by atoms with Crippen molar-refractivity contribution >= 4 is 0 Å². The minimum Gasteiger partial charge on any atom is -0.329 e. The highest BCUT2D eigenvalue weighted by molar-refractivity contribution is 4.90. The van der Waals surface area contributed by atoms with E-state index in [2.05, 4.69) is 20.8 Å². The Labute approximate surface area is 95.0 Å². The second-order valence-electron chi connectivity index (χ2n) is 5.64. The highest BCUT2D eigenvalue weighted by atomic mass is 19.4. The second-order valence-corrected chi connectivity index (χ2v) is 5.64. The molecule has 1 aliphatic heterocycles. The van der Waals surface area contributed by atoms with Crippen LogP contribution in [0.15, 0.2) is 0 Å². The van der Waals surface area contributed by atoms with Gasteiger partial charge in [0.05, 0.1) is 0 Å². The fraction of sp³-hybridized carbons (Fsp3) is 1.00. The first-order valence-corrected chi connectivity index (χ1v) is 5.67. The first kappa shape index (κ1) is 13.8. The Hall–Kier alpha value is -0.290. The third-order valence-electron chi connectivity index (χ3n) is 3.49. The van der Waals surface area contributed by atoms with Gasteiger partial charge >= 0.3 is 6.18 Å². The molecule has 0 aromatic heterocycles. The quantitative estimate of drug-likeness (QED) is 0.799. The maximum atomic E-state index is 12.7. The van der Waals surface area contributed by atoms with Crippen molar-refractivity contribution in [1.29, 1.82) is 0 Å². The van der Waals surface area contributed by atoms with Crippen LogP contribution in [0.2, 0.25) is 0 Å². The predicted octanol–water partition coefficient (Wildman–Crippen LogP) is 2.24. The van der Waals surface area contributed by atoms with Crippen molar-refractivity contribution < 1.29 is 13.2 Å². The molecule has 0 aromatic rings. The highest BCUT2D eigenvalue weighted by Crippen LogP contribution is 2.36. The van der Waals surface area contributed by atoms with Gasteiger partial charge in [-0.05, 0) is 24.3 Å². The van der Waals surface area contributed by atoms with E-state index < -0.39 is 12.2 Å². The number of hydrogen-bond acceptors (Lipinski definition) is 2. The summed E-state index contributed by atoms with van der Waals surface area (Å²) in [6, 6.07) is -1.47. The molecule has 0 radical (unpaired) electrons. The zero-order valence-electron chi connectivity index (χ0n) is 10.1. The van der Waals surface area contributed by atoms with Crippen LogP contribution >= 0.6 is 0 Å². The van der Waals surface area contributed by atoms with Gasteiger partial charge in [0.1, 0.15) is 6.04 Å². The molecule has 1 fully saturated rings. The summed E-state index contributed by atoms with van der Waals surface area (Å²) < 4.78 is 38.0. The largest absolute Gasteiger partial charge is 0.405 e. The van der Waals surface area contributed by atoms with Crippen LogP contribution in [0.3, 0.4) is 0 Å². The van der Waals surface area contributed by atoms with Gasteiger partial charge in [-0.1, -0.05) is 20.8 Å². The molecule has 96 valence electrons. The number of rotatable bonds is 2. The second kappa shape index (κ2) is 4.53. The summed E-state index contributed by atoms with van der Waals surface area (Å²) in [6.45, 7) is 6.89. The highest BCUT2D eigenvalue weighted by Gasteiger charge is 2.45. The molecule has 0 spiro atoms. The van der Waals surface area contributed by atoms with E-state index in [0.29, 0.717) is 19.0 Å². The Morgan fingerprint density at radius 2 is 1.88 bits per heavy atom. The summed E-state index contributed by atoms with van der Waals surface area (Å²) in [5.41, 5.74) is 5.30. The molecular formula is C11H21F3N2. The van der Waals surface area contributed by atoms with Crippen LogP contribution in [-0.4, -0.2) is 36.8 Å². The minimum atomic E-state index is -4.21. The number of alkyl halides is 3. The van der Waals surface area contributed by atoms with Crippen molar-refractivity contribution in [2.24, 2.45) is 17.1 Å². The molecule has 1 heterocycles. The van der Waals surface area contributed by atoms with Crippen molar-refractivity contribution in [3.63, 3.8) is 0 Å². The Balaban J connectivity index is 2.65. The zero-order chi connectivity index (χ0) is 12.6. The van der Waals surface area contributed by atoms with E-state index in [1.54, 1.807) is 0 Å². The van der Waals surface area contributed by atoms with Crippen molar-refractivity contribution in [3.8, 4) is 0 Å². The summed E-state index contributed by atoms with van der Waals surface area (Å²) in [5.74, 6) is 0.323. The van der Waals surface area contributed by atoms with Crippen LogP contribution in [0, 0.1) is 11.3 Å². The average Bonchev–Trinajstić information content (AvgIpc) is 2.50. The molecule has 0 bridgehead atoms. The van der Waals surface area contributed by atoms with Crippen LogP contribution in [0.4, 0.5) is 13.2 Å². The summed E-state index contributed by atoms with van der Waals surface area (Å²) in [5, 5.41) is 0. The molecule has 5 heteroatoms. The standard InChI is InChI=1S/C11H21F3N2/c1-10(2,3)8-4-5-16(7-8)9(6-15)11(12,13)14/h8-9H,4-7,15H2,1-3H3. The van der Waals surface area contributed by atoms with Gasteiger partial charge in [-0.3, -0.25) is 4.90 Å². The number of likely N-dealkylation sites (tertiary alicyclic amines) is 1. The van der Waals surface area contributed by atoms with Crippen LogP contribution in [0.5, 0.6) is 0 Å². The van der Waals surface area contributed by atoms with Gasteiger partial charge < -0.3 is 5.73 Å². The molecule has 2 nitrogen and oxygen atoms in total. The molecule has 2 unspecified atom stereocenters. The van der Waals surface area contributed by atoms with Crippen molar-refractivity contribution in [2.75, 3.05) is 19.6 Å². The van der Waals surface area contributed by atoms with E-state index in [1.807, 2.05) is 0 Å². The lowest BCUT2D eigenvalue weighted by Crippen LogP contribution is -2.49. The maximum absolute atomic E-state index is 12.7. The molecule has 1 saturated heterocycles. The van der Waals surface area contributed by atoms with Gasteiger partial charge in [-0.2, -0.15) is 13.2 Å². The Morgan fingerprint density at radius 3 is 2.19 bits per heavy atom. The first-order chi connectivity index (χ1) is 7.16. The average molecular weight is 238 g/mol. The van der Waals surface area contributed by atoms with E-state index in [4.69, 9.17) is 5.73 Å². The van der Waals surface area contributed by atoms with E-state index in [-0.39, 0.29) is 12.0 Å². The van der Waals surface area contributed by atoms with Gasteiger partial charge in [0.15, 0.2) is 0 Å². The fourth-order valence-electron chi connectivity index (χ4n) is 2.27. The monoisotopic (exact) mass is 238 g/mol. The molecule has 0 aliphatic carbocycles. The van der Waals surface area contributed by atoms with E-state index in [0.717, 1.165) is 6.42 Å². The van der Waals surface area contributed by atoms with Crippen LogP contribution in [0.1, 0.15) is 27.2 Å². The number of nitrogens with zero attached hydrogens (tertiary/aromatic N) is 1. The molecule has 1 aliphatic rings. The van der Waals surface area contributed by atoms with Gasteiger partial charge in [0.25, 0.3) is 0 Å². The molecule has 2 atom stereocenters. The van der Waals surface area contributed by atoms with E-state index in [1.165, 1.54) is 4.90 Å².